The Morgan fingerprint density at radius 3 is 1.97 bits per heavy atom. The third kappa shape index (κ3) is 6.09. The summed E-state index contributed by atoms with van der Waals surface area (Å²) in [5.74, 6) is 2.12. The molecule has 0 radical (unpaired) electrons. The Morgan fingerprint density at radius 1 is 0.722 bits per heavy atom. The lowest BCUT2D eigenvalue weighted by molar-refractivity contribution is -0.111. The van der Waals surface area contributed by atoms with Crippen LogP contribution in [0.15, 0.2) is 54.6 Å². The molecule has 3 aromatic rings. The number of nitrogens with one attached hydrogen (secondary N) is 1. The molecule has 0 heterocycles. The number of carbonyl (C=O) groups excluding carboxylic acids is 1. The molecule has 0 aliphatic carbocycles. The van der Waals surface area contributed by atoms with Crippen LogP contribution in [0.3, 0.4) is 0 Å². The van der Waals surface area contributed by atoms with Crippen LogP contribution < -0.4 is 29.0 Å². The maximum Gasteiger partial charge on any atom is 0.248 e. The van der Waals surface area contributed by atoms with Gasteiger partial charge in [-0.3, -0.25) is 4.79 Å². The molecular weight excluding hydrogens is 462 g/mol. The second kappa shape index (κ2) is 12.2. The molecule has 8 heteroatoms. The molecule has 0 atom stereocenters. The monoisotopic (exact) mass is 491 g/mol. The zero-order chi connectivity index (χ0) is 26.1. The van der Waals surface area contributed by atoms with Gasteiger partial charge in [0.15, 0.2) is 23.0 Å². The van der Waals surface area contributed by atoms with Crippen molar-refractivity contribution in [1.82, 2.24) is 0 Å². The van der Waals surface area contributed by atoms with E-state index in [9.17, 15) is 9.90 Å². The number of rotatable bonds is 10. The average molecular weight is 492 g/mol. The van der Waals surface area contributed by atoms with E-state index in [1.165, 1.54) is 20.3 Å². The second-order valence-electron chi connectivity index (χ2n) is 7.47. The van der Waals surface area contributed by atoms with Gasteiger partial charge in [0.05, 0.1) is 41.2 Å². The Balaban J connectivity index is 1.97. The summed E-state index contributed by atoms with van der Waals surface area (Å²) in [7, 11) is 7.68. The first kappa shape index (κ1) is 26.0. The smallest absolute Gasteiger partial charge is 0.248 e. The fourth-order valence-electron chi connectivity index (χ4n) is 3.56. The molecule has 3 aromatic carbocycles. The Hall–Kier alpha value is -4.59. The number of benzene rings is 3. The van der Waals surface area contributed by atoms with E-state index < -0.39 is 0 Å². The lowest BCUT2D eigenvalue weighted by Gasteiger charge is -2.16. The van der Waals surface area contributed by atoms with Crippen LogP contribution in [-0.4, -0.2) is 46.6 Å². The predicted molar refractivity (Wildman–Crippen MR) is 140 cm³/mol. The highest BCUT2D eigenvalue weighted by atomic mass is 16.5. The molecule has 188 valence electrons. The number of hydrogen-bond acceptors (Lipinski definition) is 7. The van der Waals surface area contributed by atoms with Crippen molar-refractivity contribution < 1.29 is 33.6 Å². The second-order valence-corrected chi connectivity index (χ2v) is 7.47. The van der Waals surface area contributed by atoms with E-state index >= 15 is 0 Å². The van der Waals surface area contributed by atoms with Crippen LogP contribution in [0, 0.1) is 0 Å². The van der Waals surface area contributed by atoms with Crippen LogP contribution in [-0.2, 0) is 4.79 Å². The molecule has 36 heavy (non-hydrogen) atoms. The molecule has 0 spiro atoms. The van der Waals surface area contributed by atoms with E-state index in [4.69, 9.17) is 23.7 Å². The van der Waals surface area contributed by atoms with Gasteiger partial charge in [-0.05, 0) is 53.6 Å². The summed E-state index contributed by atoms with van der Waals surface area (Å²) in [6.07, 6.45) is 6.66. The van der Waals surface area contributed by atoms with Gasteiger partial charge in [0, 0.05) is 11.6 Å². The third-order valence-electron chi connectivity index (χ3n) is 5.27. The highest BCUT2D eigenvalue weighted by molar-refractivity contribution is 6.04. The summed E-state index contributed by atoms with van der Waals surface area (Å²) >= 11 is 0. The zero-order valence-corrected chi connectivity index (χ0v) is 20.8. The number of aromatic hydroxyl groups is 1. The van der Waals surface area contributed by atoms with Gasteiger partial charge in [-0.2, -0.15) is 0 Å². The molecule has 8 nitrogen and oxygen atoms in total. The van der Waals surface area contributed by atoms with Gasteiger partial charge < -0.3 is 34.1 Å². The van der Waals surface area contributed by atoms with E-state index in [-0.39, 0.29) is 11.7 Å². The fourth-order valence-corrected chi connectivity index (χ4v) is 3.56. The first-order valence-electron chi connectivity index (χ1n) is 10.9. The maximum absolute atomic E-state index is 12.8. The molecule has 0 fully saturated rings. The summed E-state index contributed by atoms with van der Waals surface area (Å²) in [5, 5.41) is 12.5. The summed E-state index contributed by atoms with van der Waals surface area (Å²) in [5.41, 5.74) is 2.59. The van der Waals surface area contributed by atoms with Crippen molar-refractivity contribution in [2.45, 2.75) is 0 Å². The van der Waals surface area contributed by atoms with Crippen molar-refractivity contribution in [1.29, 1.82) is 0 Å². The molecule has 0 aromatic heterocycles. The molecule has 0 aliphatic rings. The minimum absolute atomic E-state index is 0.117. The number of phenols is 1. The first-order valence-corrected chi connectivity index (χ1v) is 10.9. The zero-order valence-electron chi connectivity index (χ0n) is 20.8. The Morgan fingerprint density at radius 2 is 1.39 bits per heavy atom. The van der Waals surface area contributed by atoms with E-state index in [1.54, 1.807) is 57.7 Å². The van der Waals surface area contributed by atoms with Crippen LogP contribution in [0.2, 0.25) is 0 Å². The Kier molecular flexibility index (Phi) is 8.83. The number of ether oxygens (including phenoxy) is 5. The van der Waals surface area contributed by atoms with E-state index in [0.29, 0.717) is 45.6 Å². The van der Waals surface area contributed by atoms with Gasteiger partial charge >= 0.3 is 0 Å². The summed E-state index contributed by atoms with van der Waals surface area (Å²) in [4.78, 5) is 12.8. The van der Waals surface area contributed by atoms with Crippen molar-refractivity contribution in [2.75, 3.05) is 40.9 Å². The predicted octanol–water partition coefficient (Wildman–Crippen LogP) is 5.26. The first-order chi connectivity index (χ1) is 17.4. The summed E-state index contributed by atoms with van der Waals surface area (Å²) in [6.45, 7) is 0. The topological polar surface area (TPSA) is 95.5 Å². The quantitative estimate of drug-likeness (QED) is 0.295. The van der Waals surface area contributed by atoms with Gasteiger partial charge in [-0.15, -0.1) is 0 Å². The molecule has 2 N–H and O–H groups in total. The maximum atomic E-state index is 12.8. The SMILES string of the molecule is COc1cc(/C=C/c2ccc(OC)c(OC)c2NC(=O)/C=C/c2cccc(O)c2)cc(OC)c1OC. The molecule has 0 saturated carbocycles. The standard InChI is InChI=1S/C28H29NO7/c1-32-22-13-12-20(11-9-19-16-23(33-2)27(35-4)24(17-19)34-3)26(28(22)36-5)29-25(31)14-10-18-7-6-8-21(30)15-18/h6-17,30H,1-5H3,(H,29,31)/b11-9+,14-10+. The van der Waals surface area contributed by atoms with Crippen molar-refractivity contribution in [3.05, 3.63) is 71.3 Å². The van der Waals surface area contributed by atoms with Gasteiger partial charge in [0.1, 0.15) is 5.75 Å². The van der Waals surface area contributed by atoms with Gasteiger partial charge in [-0.1, -0.05) is 24.3 Å². The van der Waals surface area contributed by atoms with Gasteiger partial charge in [0.25, 0.3) is 0 Å². The molecule has 0 unspecified atom stereocenters. The molecule has 1 amide bonds. The number of hydrogen-bond donors (Lipinski definition) is 2. The Labute approximate surface area is 210 Å². The fraction of sp³-hybridized carbons (Fsp3) is 0.179. The van der Waals surface area contributed by atoms with Crippen molar-refractivity contribution in [3.63, 3.8) is 0 Å². The van der Waals surface area contributed by atoms with Crippen molar-refractivity contribution >= 4 is 29.8 Å². The van der Waals surface area contributed by atoms with Crippen molar-refractivity contribution in [3.8, 4) is 34.5 Å². The lowest BCUT2D eigenvalue weighted by Crippen LogP contribution is -2.11. The number of amides is 1. The van der Waals surface area contributed by atoms with Crippen LogP contribution in [0.4, 0.5) is 5.69 Å². The molecular formula is C28H29NO7. The normalized spacial score (nSPS) is 10.9. The van der Waals surface area contributed by atoms with E-state index in [1.807, 2.05) is 30.4 Å². The number of methoxy groups -OCH3 is 5. The Bertz CT molecular complexity index is 1260. The molecule has 0 saturated heterocycles. The molecule has 0 aliphatic heterocycles. The summed E-state index contributed by atoms with van der Waals surface area (Å²) in [6, 6.07) is 13.8. The number of anilines is 1. The summed E-state index contributed by atoms with van der Waals surface area (Å²) < 4.78 is 27.2. The van der Waals surface area contributed by atoms with E-state index in [0.717, 1.165) is 5.56 Å². The van der Waals surface area contributed by atoms with Crippen molar-refractivity contribution in [2.24, 2.45) is 0 Å². The van der Waals surface area contributed by atoms with Crippen LogP contribution >= 0.6 is 0 Å². The minimum Gasteiger partial charge on any atom is -0.508 e. The number of phenolic OH excluding ortho intramolecular Hbond substituents is 1. The minimum atomic E-state index is -0.382. The van der Waals surface area contributed by atoms with E-state index in [2.05, 4.69) is 5.32 Å². The van der Waals surface area contributed by atoms with Crippen LogP contribution in [0.1, 0.15) is 16.7 Å². The van der Waals surface area contributed by atoms with Gasteiger partial charge in [0.2, 0.25) is 11.7 Å². The third-order valence-corrected chi connectivity index (χ3v) is 5.27. The number of carbonyl (C=O) groups is 1. The van der Waals surface area contributed by atoms with Crippen LogP contribution in [0.25, 0.3) is 18.2 Å². The highest BCUT2D eigenvalue weighted by Gasteiger charge is 2.16. The molecule has 0 bridgehead atoms. The van der Waals surface area contributed by atoms with Gasteiger partial charge in [-0.25, -0.2) is 0 Å². The molecule has 3 rings (SSSR count). The lowest BCUT2D eigenvalue weighted by atomic mass is 10.1. The largest absolute Gasteiger partial charge is 0.508 e. The van der Waals surface area contributed by atoms with Crippen LogP contribution in [0.5, 0.6) is 34.5 Å². The highest BCUT2D eigenvalue weighted by Crippen LogP contribution is 2.40. The average Bonchev–Trinajstić information content (AvgIpc) is 2.90.